The number of aromatic nitrogens is 2. The first kappa shape index (κ1) is 36.0. The van der Waals surface area contributed by atoms with E-state index < -0.39 is 5.41 Å². The quantitative estimate of drug-likeness (QED) is 0.168. The minimum absolute atomic E-state index is 0.216. The number of allylic oxidation sites excluding steroid dienone is 4. The first-order chi connectivity index (χ1) is 30.7. The van der Waals surface area contributed by atoms with Gasteiger partial charge in [-0.15, -0.1) is 0 Å². The molecule has 2 aliphatic carbocycles. The van der Waals surface area contributed by atoms with Crippen LogP contribution in [-0.4, -0.2) is 9.97 Å². The van der Waals surface area contributed by atoms with Gasteiger partial charge in [0.1, 0.15) is 11.5 Å². The SMILES string of the molecule is C1=CC2[C@@H](C=C1)c1ccccc1C21c2ccccc2Oc2ccc(-c3cccc(-c4cccc(-c5nc(-c6ccccc6)cc(-c6ccccc6-c6ccccc6)n5)c4)c3)cc21. The Hall–Kier alpha value is -7.88. The lowest BCUT2D eigenvalue weighted by atomic mass is 9.61. The lowest BCUT2D eigenvalue weighted by molar-refractivity contribution is 0.374. The van der Waals surface area contributed by atoms with E-state index >= 15 is 0 Å². The average molecular weight is 793 g/mol. The van der Waals surface area contributed by atoms with E-state index in [9.17, 15) is 0 Å². The van der Waals surface area contributed by atoms with Gasteiger partial charge in [0.05, 0.1) is 16.8 Å². The fourth-order valence-electron chi connectivity index (χ4n) is 10.3. The highest BCUT2D eigenvalue weighted by atomic mass is 16.5. The molecule has 8 aromatic carbocycles. The number of para-hydroxylation sites is 1. The van der Waals surface area contributed by atoms with E-state index in [2.05, 4.69) is 224 Å². The van der Waals surface area contributed by atoms with E-state index in [-0.39, 0.29) is 11.8 Å². The summed E-state index contributed by atoms with van der Waals surface area (Å²) in [6, 6.07) is 73.5. The fraction of sp³-hybridized carbons (Fsp3) is 0.0508. The second-order valence-corrected chi connectivity index (χ2v) is 16.4. The molecule has 1 aromatic heterocycles. The fourth-order valence-corrected chi connectivity index (χ4v) is 10.3. The molecule has 62 heavy (non-hydrogen) atoms. The molecule has 1 aliphatic heterocycles. The summed E-state index contributed by atoms with van der Waals surface area (Å²) in [5.41, 5.74) is 16.4. The second kappa shape index (κ2) is 14.7. The van der Waals surface area contributed by atoms with Gasteiger partial charge in [0.15, 0.2) is 5.82 Å². The van der Waals surface area contributed by atoms with Crippen molar-refractivity contribution in [1.82, 2.24) is 9.97 Å². The predicted molar refractivity (Wildman–Crippen MR) is 252 cm³/mol. The van der Waals surface area contributed by atoms with E-state index in [0.29, 0.717) is 5.82 Å². The molecule has 2 unspecified atom stereocenters. The Balaban J connectivity index is 0.961. The molecule has 0 N–H and O–H groups in total. The number of fused-ring (bicyclic) bond motifs is 9. The summed E-state index contributed by atoms with van der Waals surface area (Å²) in [6.45, 7) is 0. The lowest BCUT2D eigenvalue weighted by Gasteiger charge is -2.43. The molecule has 1 spiro atoms. The summed E-state index contributed by atoms with van der Waals surface area (Å²) in [5.74, 6) is 3.02. The molecule has 0 fully saturated rings. The van der Waals surface area contributed by atoms with Crippen LogP contribution in [0, 0.1) is 5.92 Å². The van der Waals surface area contributed by atoms with Gasteiger partial charge in [0, 0.05) is 39.7 Å². The molecule has 3 atom stereocenters. The Morgan fingerprint density at radius 3 is 1.73 bits per heavy atom. The van der Waals surface area contributed by atoms with Crippen LogP contribution in [0.2, 0.25) is 0 Å². The molecule has 0 amide bonds. The molecule has 0 saturated heterocycles. The molecule has 9 aromatic rings. The summed E-state index contributed by atoms with van der Waals surface area (Å²) in [4.78, 5) is 10.5. The summed E-state index contributed by atoms with van der Waals surface area (Å²) in [7, 11) is 0. The van der Waals surface area contributed by atoms with Crippen LogP contribution in [0.5, 0.6) is 11.5 Å². The second-order valence-electron chi connectivity index (χ2n) is 16.4. The zero-order valence-electron chi connectivity index (χ0n) is 33.9. The van der Waals surface area contributed by atoms with Gasteiger partial charge in [0.25, 0.3) is 0 Å². The van der Waals surface area contributed by atoms with Gasteiger partial charge in [0.2, 0.25) is 0 Å². The molecule has 3 heteroatoms. The molecule has 2 heterocycles. The Morgan fingerprint density at radius 2 is 0.935 bits per heavy atom. The first-order valence-corrected chi connectivity index (χ1v) is 21.4. The van der Waals surface area contributed by atoms with Crippen LogP contribution in [0.4, 0.5) is 0 Å². The number of hydrogen-bond acceptors (Lipinski definition) is 3. The van der Waals surface area contributed by atoms with Gasteiger partial charge >= 0.3 is 0 Å². The van der Waals surface area contributed by atoms with Gasteiger partial charge in [-0.1, -0.05) is 194 Å². The molecule has 12 rings (SSSR count). The van der Waals surface area contributed by atoms with Crippen molar-refractivity contribution in [1.29, 1.82) is 0 Å². The Kier molecular flexibility index (Phi) is 8.53. The third-order valence-electron chi connectivity index (χ3n) is 13.0. The molecule has 3 aliphatic rings. The van der Waals surface area contributed by atoms with Crippen LogP contribution >= 0.6 is 0 Å². The summed E-state index contributed by atoms with van der Waals surface area (Å²) >= 11 is 0. The van der Waals surface area contributed by atoms with Crippen LogP contribution in [-0.2, 0) is 5.41 Å². The van der Waals surface area contributed by atoms with Gasteiger partial charge in [-0.2, -0.15) is 0 Å². The summed E-state index contributed by atoms with van der Waals surface area (Å²) in [6.07, 6.45) is 9.23. The minimum Gasteiger partial charge on any atom is -0.457 e. The van der Waals surface area contributed by atoms with Crippen molar-refractivity contribution >= 4 is 0 Å². The largest absolute Gasteiger partial charge is 0.457 e. The topological polar surface area (TPSA) is 35.0 Å². The summed E-state index contributed by atoms with van der Waals surface area (Å²) in [5, 5.41) is 0. The van der Waals surface area contributed by atoms with E-state index in [0.717, 1.165) is 73.0 Å². The van der Waals surface area contributed by atoms with E-state index in [1.54, 1.807) is 0 Å². The normalized spacial score (nSPS) is 17.7. The van der Waals surface area contributed by atoms with Crippen LogP contribution in [0.1, 0.15) is 28.2 Å². The van der Waals surface area contributed by atoms with Crippen LogP contribution in [0.15, 0.2) is 231 Å². The molecule has 0 saturated carbocycles. The number of ether oxygens (including phenoxy) is 1. The molecule has 292 valence electrons. The third kappa shape index (κ3) is 5.81. The molecular weight excluding hydrogens is 753 g/mol. The Labute approximate surface area is 362 Å². The lowest BCUT2D eigenvalue weighted by Crippen LogP contribution is -2.37. The number of nitrogens with zero attached hydrogens (tertiary/aromatic N) is 2. The maximum absolute atomic E-state index is 6.75. The zero-order valence-corrected chi connectivity index (χ0v) is 33.9. The van der Waals surface area contributed by atoms with Crippen molar-refractivity contribution in [2.75, 3.05) is 0 Å². The van der Waals surface area contributed by atoms with Gasteiger partial charge in [-0.05, 0) is 80.9 Å². The maximum atomic E-state index is 6.75. The third-order valence-corrected chi connectivity index (χ3v) is 13.0. The highest BCUT2D eigenvalue weighted by molar-refractivity contribution is 5.85. The van der Waals surface area contributed by atoms with Crippen LogP contribution in [0.3, 0.4) is 0 Å². The number of benzene rings is 8. The Bertz CT molecular complexity index is 3240. The zero-order chi connectivity index (χ0) is 41.0. The average Bonchev–Trinajstić information content (AvgIpc) is 3.65. The van der Waals surface area contributed by atoms with Crippen molar-refractivity contribution in [2.24, 2.45) is 5.92 Å². The van der Waals surface area contributed by atoms with Crippen molar-refractivity contribution in [2.45, 2.75) is 11.3 Å². The van der Waals surface area contributed by atoms with Gasteiger partial charge in [-0.3, -0.25) is 0 Å². The van der Waals surface area contributed by atoms with E-state index in [1.807, 2.05) is 6.07 Å². The number of rotatable bonds is 6. The predicted octanol–water partition coefficient (Wildman–Crippen LogP) is 14.8. The highest BCUT2D eigenvalue weighted by Crippen LogP contribution is 2.64. The van der Waals surface area contributed by atoms with E-state index in [1.165, 1.54) is 22.3 Å². The summed E-state index contributed by atoms with van der Waals surface area (Å²) < 4.78 is 6.75. The number of hydrogen-bond donors (Lipinski definition) is 0. The molecule has 3 nitrogen and oxygen atoms in total. The van der Waals surface area contributed by atoms with Crippen LogP contribution in [0.25, 0.3) is 67.3 Å². The van der Waals surface area contributed by atoms with Crippen molar-refractivity contribution in [3.63, 3.8) is 0 Å². The molecule has 0 radical (unpaired) electrons. The molecular formula is C59H40N2O. The van der Waals surface area contributed by atoms with E-state index in [4.69, 9.17) is 14.7 Å². The molecule has 0 bridgehead atoms. The monoisotopic (exact) mass is 792 g/mol. The van der Waals surface area contributed by atoms with Gasteiger partial charge in [-0.25, -0.2) is 9.97 Å². The van der Waals surface area contributed by atoms with Crippen molar-refractivity contribution in [3.05, 3.63) is 253 Å². The Morgan fingerprint density at radius 1 is 0.371 bits per heavy atom. The van der Waals surface area contributed by atoms with Gasteiger partial charge < -0.3 is 4.74 Å². The van der Waals surface area contributed by atoms with Crippen molar-refractivity contribution in [3.8, 4) is 78.8 Å². The first-order valence-electron chi connectivity index (χ1n) is 21.4. The standard InChI is InChI=1S/C59H40N2O/c1-3-17-39(18-4-1)46-25-7-8-28-49(46)55-38-54(40-19-5-2-6-20-40)60-58(61-55)45-24-16-23-43(36-45)41-21-15-22-42(35-41)44-33-34-57-53(37-44)59(52-31-13-14-32-56(52)62-57)50-29-11-9-26-47(50)48-27-10-12-30-51(48)59/h1-38,47,50H/t47-,50?,59?/m0/s1. The highest BCUT2D eigenvalue weighted by Gasteiger charge is 2.56. The smallest absolute Gasteiger partial charge is 0.160 e. The van der Waals surface area contributed by atoms with Crippen molar-refractivity contribution < 1.29 is 4.74 Å². The van der Waals surface area contributed by atoms with Crippen LogP contribution < -0.4 is 4.74 Å². The minimum atomic E-state index is -0.399. The maximum Gasteiger partial charge on any atom is 0.160 e.